The summed E-state index contributed by atoms with van der Waals surface area (Å²) in [4.78, 5) is 34.6. The van der Waals surface area contributed by atoms with Gasteiger partial charge in [0.1, 0.15) is 0 Å². The Balaban J connectivity index is 1.61. The minimum absolute atomic E-state index is 0.102. The van der Waals surface area contributed by atoms with Crippen LogP contribution in [0.3, 0.4) is 0 Å². The first kappa shape index (κ1) is 20.1. The summed E-state index contributed by atoms with van der Waals surface area (Å²) < 4.78 is 0. The molecule has 0 aliphatic rings. The van der Waals surface area contributed by atoms with Crippen molar-refractivity contribution in [1.82, 2.24) is 24.9 Å². The lowest BCUT2D eigenvalue weighted by molar-refractivity contribution is 0.0697. The molecule has 0 aliphatic carbocycles. The van der Waals surface area contributed by atoms with E-state index < -0.39 is 5.97 Å². The van der Waals surface area contributed by atoms with Crippen LogP contribution in [0.1, 0.15) is 10.4 Å². The Morgan fingerprint density at radius 3 is 1.30 bits per heavy atom. The Morgan fingerprint density at radius 2 is 0.909 bits per heavy atom. The quantitative estimate of drug-likeness (QED) is 0.416. The maximum atomic E-state index is 11.9. The molecule has 0 radical (unpaired) electrons. The van der Waals surface area contributed by atoms with E-state index in [0.29, 0.717) is 34.2 Å². The Bertz CT molecular complexity index is 1340. The molecule has 0 aliphatic heterocycles. The topological polar surface area (TPSA) is 102 Å². The SMILES string of the molecule is O=C(O)c1cc(-c2cccc(-c3ccccn3)n2)nc(-c2cccc(-c3ccccn3)n2)c1. The smallest absolute Gasteiger partial charge is 0.335 e. The molecule has 5 aromatic rings. The van der Waals surface area contributed by atoms with Crippen LogP contribution < -0.4 is 0 Å². The van der Waals surface area contributed by atoms with Gasteiger partial charge >= 0.3 is 5.97 Å². The van der Waals surface area contributed by atoms with E-state index in [2.05, 4.69) is 19.9 Å². The molecule has 5 rings (SSSR count). The zero-order valence-corrected chi connectivity index (χ0v) is 17.3. The highest BCUT2D eigenvalue weighted by Crippen LogP contribution is 2.26. The summed E-state index contributed by atoms with van der Waals surface area (Å²) >= 11 is 0. The number of aromatic carboxylic acids is 1. The fourth-order valence-electron chi connectivity index (χ4n) is 3.39. The van der Waals surface area contributed by atoms with E-state index >= 15 is 0 Å². The second-order valence-electron chi connectivity index (χ2n) is 7.18. The summed E-state index contributed by atoms with van der Waals surface area (Å²) in [6.07, 6.45) is 3.40. The van der Waals surface area contributed by atoms with Gasteiger partial charge in [-0.3, -0.25) is 9.97 Å². The fourth-order valence-corrected chi connectivity index (χ4v) is 3.39. The third-order valence-corrected chi connectivity index (χ3v) is 4.95. The molecule has 0 spiro atoms. The molecule has 7 nitrogen and oxygen atoms in total. The van der Waals surface area contributed by atoms with Crippen molar-refractivity contribution in [3.05, 3.63) is 103 Å². The number of hydrogen-bond donors (Lipinski definition) is 1. The number of carboxylic acids is 1. The molecule has 0 fully saturated rings. The lowest BCUT2D eigenvalue weighted by Crippen LogP contribution is -2.02. The second-order valence-corrected chi connectivity index (χ2v) is 7.18. The monoisotopic (exact) mass is 431 g/mol. The van der Waals surface area contributed by atoms with Gasteiger partial charge in [-0.05, 0) is 60.7 Å². The molecular formula is C26H17N5O2. The molecule has 33 heavy (non-hydrogen) atoms. The van der Waals surface area contributed by atoms with E-state index in [1.165, 1.54) is 12.1 Å². The molecule has 0 atom stereocenters. The highest BCUT2D eigenvalue weighted by Gasteiger charge is 2.14. The highest BCUT2D eigenvalue weighted by molar-refractivity contribution is 5.90. The van der Waals surface area contributed by atoms with Gasteiger partial charge in [-0.15, -0.1) is 0 Å². The van der Waals surface area contributed by atoms with Gasteiger partial charge in [-0.25, -0.2) is 19.7 Å². The van der Waals surface area contributed by atoms with Crippen molar-refractivity contribution < 1.29 is 9.90 Å². The minimum atomic E-state index is -1.05. The van der Waals surface area contributed by atoms with Crippen LogP contribution in [-0.4, -0.2) is 36.0 Å². The zero-order valence-electron chi connectivity index (χ0n) is 17.3. The summed E-state index contributed by atoms with van der Waals surface area (Å²) in [6, 6.07) is 25.2. The highest BCUT2D eigenvalue weighted by atomic mass is 16.4. The molecule has 0 aromatic carbocycles. The predicted molar refractivity (Wildman–Crippen MR) is 124 cm³/mol. The van der Waals surface area contributed by atoms with Gasteiger partial charge in [0.05, 0.1) is 51.1 Å². The number of rotatable bonds is 5. The van der Waals surface area contributed by atoms with Crippen LogP contribution in [0.5, 0.6) is 0 Å². The van der Waals surface area contributed by atoms with Crippen LogP contribution in [0.25, 0.3) is 45.6 Å². The summed E-state index contributed by atoms with van der Waals surface area (Å²) in [5.74, 6) is -1.05. The average molecular weight is 431 g/mol. The van der Waals surface area contributed by atoms with Gasteiger partial charge in [0, 0.05) is 12.4 Å². The Kier molecular flexibility index (Phi) is 5.35. The van der Waals surface area contributed by atoms with E-state index in [0.717, 1.165) is 11.4 Å². The van der Waals surface area contributed by atoms with Crippen LogP contribution in [0.4, 0.5) is 0 Å². The summed E-state index contributed by atoms with van der Waals surface area (Å²) in [7, 11) is 0. The standard InChI is InChI=1S/C26H17N5O2/c32-26(33)17-15-24(22-11-5-9-20(29-22)18-7-1-3-13-27-18)31-25(16-17)23-12-6-10-21(30-23)19-8-2-4-14-28-19/h1-16H,(H,32,33). The first-order chi connectivity index (χ1) is 16.2. The molecule has 5 heterocycles. The molecule has 0 amide bonds. The third-order valence-electron chi connectivity index (χ3n) is 4.95. The van der Waals surface area contributed by atoms with Crippen molar-refractivity contribution in [2.24, 2.45) is 0 Å². The number of carbonyl (C=O) groups is 1. The van der Waals surface area contributed by atoms with Gasteiger partial charge in [-0.2, -0.15) is 0 Å². The summed E-state index contributed by atoms with van der Waals surface area (Å²) in [5, 5.41) is 9.70. The van der Waals surface area contributed by atoms with Crippen LogP contribution in [0.2, 0.25) is 0 Å². The van der Waals surface area contributed by atoms with Crippen molar-refractivity contribution in [3.63, 3.8) is 0 Å². The number of nitrogens with zero attached hydrogens (tertiary/aromatic N) is 5. The first-order valence-corrected chi connectivity index (χ1v) is 10.2. The Morgan fingerprint density at radius 1 is 0.515 bits per heavy atom. The van der Waals surface area contributed by atoms with Gasteiger partial charge in [-0.1, -0.05) is 24.3 Å². The minimum Gasteiger partial charge on any atom is -0.478 e. The van der Waals surface area contributed by atoms with Gasteiger partial charge in [0.15, 0.2) is 0 Å². The number of aromatic nitrogens is 5. The van der Waals surface area contributed by atoms with E-state index in [4.69, 9.17) is 4.98 Å². The molecule has 5 aromatic heterocycles. The van der Waals surface area contributed by atoms with E-state index in [1.54, 1.807) is 24.5 Å². The largest absolute Gasteiger partial charge is 0.478 e. The van der Waals surface area contributed by atoms with Crippen molar-refractivity contribution in [2.75, 3.05) is 0 Å². The Labute approximate surface area is 189 Å². The molecule has 158 valence electrons. The molecule has 0 bridgehead atoms. The van der Waals surface area contributed by atoms with Crippen molar-refractivity contribution in [1.29, 1.82) is 0 Å². The maximum Gasteiger partial charge on any atom is 0.335 e. The molecule has 1 N–H and O–H groups in total. The second kappa shape index (κ2) is 8.76. The lowest BCUT2D eigenvalue weighted by Gasteiger charge is -2.09. The molecule has 0 saturated heterocycles. The van der Waals surface area contributed by atoms with Crippen LogP contribution in [-0.2, 0) is 0 Å². The number of carboxylic acid groups (broad SMARTS) is 1. The summed E-state index contributed by atoms with van der Waals surface area (Å²) in [5.41, 5.74) is 4.86. The maximum absolute atomic E-state index is 11.9. The van der Waals surface area contributed by atoms with E-state index in [1.807, 2.05) is 60.7 Å². The molecular weight excluding hydrogens is 414 g/mol. The van der Waals surface area contributed by atoms with Crippen molar-refractivity contribution in [2.45, 2.75) is 0 Å². The van der Waals surface area contributed by atoms with Gasteiger partial charge in [0.2, 0.25) is 0 Å². The normalized spacial score (nSPS) is 10.7. The lowest BCUT2D eigenvalue weighted by atomic mass is 10.1. The molecule has 0 saturated carbocycles. The number of hydrogen-bond acceptors (Lipinski definition) is 6. The fraction of sp³-hybridized carbons (Fsp3) is 0. The van der Waals surface area contributed by atoms with Crippen molar-refractivity contribution >= 4 is 5.97 Å². The third kappa shape index (κ3) is 4.33. The van der Waals surface area contributed by atoms with E-state index in [-0.39, 0.29) is 5.56 Å². The van der Waals surface area contributed by atoms with Crippen LogP contribution in [0.15, 0.2) is 97.3 Å². The molecule has 7 heteroatoms. The Hall–Kier alpha value is -4.78. The average Bonchev–Trinajstić information content (AvgIpc) is 2.89. The zero-order chi connectivity index (χ0) is 22.6. The number of pyridine rings is 5. The predicted octanol–water partition coefficient (Wildman–Crippen LogP) is 5.03. The van der Waals surface area contributed by atoms with Gasteiger partial charge in [0.25, 0.3) is 0 Å². The molecule has 0 unspecified atom stereocenters. The van der Waals surface area contributed by atoms with E-state index in [9.17, 15) is 9.90 Å². The summed E-state index contributed by atoms with van der Waals surface area (Å²) in [6.45, 7) is 0. The van der Waals surface area contributed by atoms with Crippen LogP contribution >= 0.6 is 0 Å². The van der Waals surface area contributed by atoms with Gasteiger partial charge < -0.3 is 5.11 Å². The van der Waals surface area contributed by atoms with Crippen molar-refractivity contribution in [3.8, 4) is 45.6 Å². The first-order valence-electron chi connectivity index (χ1n) is 10.2. The van der Waals surface area contributed by atoms with Crippen LogP contribution in [0, 0.1) is 0 Å².